The Kier molecular flexibility index (Phi) is 6.03. The van der Waals surface area contributed by atoms with Gasteiger partial charge in [0.05, 0.1) is 16.3 Å². The fourth-order valence-corrected chi connectivity index (χ4v) is 3.83. The van der Waals surface area contributed by atoms with Crippen molar-refractivity contribution in [1.29, 1.82) is 0 Å². The number of halogens is 5. The summed E-state index contributed by atoms with van der Waals surface area (Å²) in [6.45, 7) is 1.93. The average Bonchev–Trinajstić information content (AvgIpc) is 2.95. The third-order valence-electron chi connectivity index (χ3n) is 5.27. The van der Waals surface area contributed by atoms with Gasteiger partial charge < -0.3 is 5.11 Å². The summed E-state index contributed by atoms with van der Waals surface area (Å²) in [5.41, 5.74) is -1.45. The summed E-state index contributed by atoms with van der Waals surface area (Å²) in [6.07, 6.45) is -4.35. The lowest BCUT2D eigenvalue weighted by atomic mass is 9.85. The monoisotopic (exact) mass is 433 g/mol. The highest BCUT2D eigenvalue weighted by Gasteiger charge is 2.41. The molecule has 1 aliphatic rings. The molecule has 1 aromatic carbocycles. The summed E-state index contributed by atoms with van der Waals surface area (Å²) in [4.78, 5) is 13.3. The maximum absolute atomic E-state index is 13.1. The van der Waals surface area contributed by atoms with Crippen LogP contribution in [-0.2, 0) is 17.4 Å². The van der Waals surface area contributed by atoms with Gasteiger partial charge in [0.15, 0.2) is 18.1 Å². The molecule has 1 aliphatic heterocycles. The molecule has 0 bridgehead atoms. The quantitative estimate of drug-likeness (QED) is 0.576. The lowest BCUT2D eigenvalue weighted by Gasteiger charge is -2.40. The summed E-state index contributed by atoms with van der Waals surface area (Å²) in [5.74, 6) is -0.365. The van der Waals surface area contributed by atoms with Crippen LogP contribution in [0.25, 0.3) is 0 Å². The summed E-state index contributed by atoms with van der Waals surface area (Å²) >= 11 is 5.78. The van der Waals surface area contributed by atoms with Gasteiger partial charge in [-0.2, -0.15) is 18.3 Å². The number of benzene rings is 1. The van der Waals surface area contributed by atoms with Gasteiger partial charge in [-0.05, 0) is 37.5 Å². The first kappa shape index (κ1) is 21.7. The Balaban J connectivity index is 1.74. The highest BCUT2D eigenvalue weighted by molar-refractivity contribution is 6.32. The average molecular weight is 434 g/mol. The number of piperidine rings is 1. The first-order valence-corrected chi connectivity index (χ1v) is 9.40. The zero-order chi connectivity index (χ0) is 21.4. The van der Waals surface area contributed by atoms with Crippen molar-refractivity contribution in [3.8, 4) is 0 Å². The Hall–Kier alpha value is -1.97. The minimum atomic E-state index is -4.72. The van der Waals surface area contributed by atoms with E-state index in [0.717, 1.165) is 10.2 Å². The van der Waals surface area contributed by atoms with Crippen molar-refractivity contribution in [3.63, 3.8) is 0 Å². The number of likely N-dealkylation sites (tertiary alicyclic amines) is 1. The van der Waals surface area contributed by atoms with E-state index in [1.807, 2.05) is 0 Å². The van der Waals surface area contributed by atoms with E-state index in [1.54, 1.807) is 17.0 Å². The molecule has 5 nitrogen and oxygen atoms in total. The summed E-state index contributed by atoms with van der Waals surface area (Å²) < 4.78 is 53.2. The molecule has 1 N–H and O–H groups in total. The molecule has 1 aromatic heterocycles. The molecule has 3 rings (SSSR count). The fraction of sp³-hybridized carbons (Fsp3) is 0.474. The second-order valence-electron chi connectivity index (χ2n) is 7.30. The minimum absolute atomic E-state index is 0.0447. The van der Waals surface area contributed by atoms with E-state index < -0.39 is 28.7 Å². The predicted octanol–water partition coefficient (Wildman–Crippen LogP) is 3.77. The molecule has 10 heteroatoms. The van der Waals surface area contributed by atoms with Gasteiger partial charge in [0.25, 0.3) is 0 Å². The van der Waals surface area contributed by atoms with Crippen molar-refractivity contribution in [2.75, 3.05) is 13.1 Å². The lowest BCUT2D eigenvalue weighted by molar-refractivity contribution is -0.142. The van der Waals surface area contributed by atoms with Crippen molar-refractivity contribution < 1.29 is 27.5 Å². The van der Waals surface area contributed by atoms with Crippen LogP contribution in [0.3, 0.4) is 0 Å². The van der Waals surface area contributed by atoms with E-state index in [1.165, 1.54) is 19.1 Å². The fourth-order valence-electron chi connectivity index (χ4n) is 3.60. The normalized spacial score (nSPS) is 18.6. The van der Waals surface area contributed by atoms with Crippen LogP contribution in [0.5, 0.6) is 0 Å². The summed E-state index contributed by atoms with van der Waals surface area (Å²) in [6, 6.07) is 5.83. The summed E-state index contributed by atoms with van der Waals surface area (Å²) in [7, 11) is 0. The van der Waals surface area contributed by atoms with Crippen molar-refractivity contribution in [1.82, 2.24) is 14.7 Å². The molecule has 2 aromatic rings. The van der Waals surface area contributed by atoms with Crippen LogP contribution < -0.4 is 0 Å². The first-order valence-electron chi connectivity index (χ1n) is 9.02. The predicted molar refractivity (Wildman–Crippen MR) is 97.9 cm³/mol. The number of aldehydes is 1. The van der Waals surface area contributed by atoms with Crippen LogP contribution in [0.4, 0.5) is 17.6 Å². The molecule has 1 atom stereocenters. The van der Waals surface area contributed by atoms with E-state index in [4.69, 9.17) is 11.6 Å². The Morgan fingerprint density at radius 2 is 1.86 bits per heavy atom. The van der Waals surface area contributed by atoms with Gasteiger partial charge >= 0.3 is 6.18 Å². The number of carbonyl (C=O) groups is 1. The van der Waals surface area contributed by atoms with Gasteiger partial charge in [0, 0.05) is 19.5 Å². The van der Waals surface area contributed by atoms with E-state index >= 15 is 0 Å². The van der Waals surface area contributed by atoms with E-state index in [0.29, 0.717) is 25.5 Å². The Labute approximate surface area is 169 Å². The molecule has 1 saturated heterocycles. The highest BCUT2D eigenvalue weighted by Crippen LogP contribution is 2.37. The number of hydrogen-bond donors (Lipinski definition) is 1. The van der Waals surface area contributed by atoms with E-state index in [9.17, 15) is 27.5 Å². The molecule has 29 heavy (non-hydrogen) atoms. The Morgan fingerprint density at radius 1 is 1.28 bits per heavy atom. The van der Waals surface area contributed by atoms with Gasteiger partial charge in [0.1, 0.15) is 5.82 Å². The van der Waals surface area contributed by atoms with Crippen LogP contribution in [0.15, 0.2) is 24.3 Å². The third kappa shape index (κ3) is 4.62. The topological polar surface area (TPSA) is 58.4 Å². The van der Waals surface area contributed by atoms with Gasteiger partial charge in [0.2, 0.25) is 0 Å². The molecular formula is C19H20ClF4N3O2. The smallest absolute Gasteiger partial charge is 0.389 e. The molecule has 0 aliphatic carbocycles. The maximum atomic E-state index is 13.1. The molecule has 0 radical (unpaired) electrons. The van der Waals surface area contributed by atoms with Crippen LogP contribution in [0.2, 0.25) is 5.02 Å². The van der Waals surface area contributed by atoms with Crippen LogP contribution in [0.1, 0.15) is 36.0 Å². The standard InChI is InChI=1S/C19H20ClF4N3O2/c1-12-16(20)17(19(22,23)24)25-27(12)15(11-28)26-8-6-18(29,7-9-26)10-13-2-4-14(21)5-3-13/h2-5,11,15,29H,6-10H2,1H3. The van der Waals surface area contributed by atoms with Crippen LogP contribution >= 0.6 is 11.6 Å². The molecular weight excluding hydrogens is 414 g/mol. The lowest BCUT2D eigenvalue weighted by Crippen LogP contribution is -2.48. The number of rotatable bonds is 5. The van der Waals surface area contributed by atoms with Gasteiger partial charge in [-0.15, -0.1) is 0 Å². The van der Waals surface area contributed by atoms with Crippen LogP contribution in [-0.4, -0.2) is 44.8 Å². The van der Waals surface area contributed by atoms with E-state index in [-0.39, 0.29) is 24.6 Å². The maximum Gasteiger partial charge on any atom is 0.436 e. The second-order valence-corrected chi connectivity index (χ2v) is 7.68. The molecule has 0 spiro atoms. The van der Waals surface area contributed by atoms with Crippen LogP contribution in [0, 0.1) is 12.7 Å². The second kappa shape index (κ2) is 8.04. The van der Waals surface area contributed by atoms with E-state index in [2.05, 4.69) is 5.10 Å². The Morgan fingerprint density at radius 3 is 2.34 bits per heavy atom. The first-order chi connectivity index (χ1) is 13.5. The third-order valence-corrected chi connectivity index (χ3v) is 5.72. The van der Waals surface area contributed by atoms with Crippen molar-refractivity contribution >= 4 is 17.9 Å². The minimum Gasteiger partial charge on any atom is -0.389 e. The Bertz CT molecular complexity index is 875. The van der Waals surface area contributed by atoms with Gasteiger partial charge in [-0.25, -0.2) is 9.07 Å². The molecule has 0 saturated carbocycles. The molecule has 1 unspecified atom stereocenters. The molecule has 1 fully saturated rings. The largest absolute Gasteiger partial charge is 0.436 e. The van der Waals surface area contributed by atoms with Crippen molar-refractivity contribution in [2.24, 2.45) is 0 Å². The molecule has 0 amide bonds. The van der Waals surface area contributed by atoms with Crippen molar-refractivity contribution in [3.05, 3.63) is 52.1 Å². The SMILES string of the molecule is Cc1c(Cl)c(C(F)(F)F)nn1C(C=O)N1CCC(O)(Cc2ccc(F)cc2)CC1. The van der Waals surface area contributed by atoms with Gasteiger partial charge in [-0.3, -0.25) is 9.69 Å². The summed E-state index contributed by atoms with van der Waals surface area (Å²) in [5, 5.41) is 13.8. The number of nitrogens with zero attached hydrogens (tertiary/aromatic N) is 3. The number of aromatic nitrogens is 2. The number of carbonyl (C=O) groups excluding carboxylic acids is 1. The van der Waals surface area contributed by atoms with Gasteiger partial charge in [-0.1, -0.05) is 23.7 Å². The molecule has 158 valence electrons. The zero-order valence-corrected chi connectivity index (χ0v) is 16.3. The number of aliphatic hydroxyl groups is 1. The highest BCUT2D eigenvalue weighted by atomic mass is 35.5. The number of alkyl halides is 3. The zero-order valence-electron chi connectivity index (χ0n) is 15.6. The molecule has 2 heterocycles. The van der Waals surface area contributed by atoms with Crippen molar-refractivity contribution in [2.45, 2.75) is 44.1 Å². The number of hydrogen-bond acceptors (Lipinski definition) is 4.